The molecule has 1 heterocycles. The normalized spacial score (nSPS) is 13.1. The Kier molecular flexibility index (Phi) is 6.97. The van der Waals surface area contributed by atoms with Gasteiger partial charge in [0.2, 0.25) is 5.95 Å². The second kappa shape index (κ2) is 9.22. The molecular formula is C18H19F3N4O4. The van der Waals surface area contributed by atoms with E-state index in [4.69, 9.17) is 4.74 Å². The van der Waals surface area contributed by atoms with Gasteiger partial charge in [0.25, 0.3) is 5.91 Å². The summed E-state index contributed by atoms with van der Waals surface area (Å²) in [7, 11) is 0. The molecule has 0 aliphatic carbocycles. The Morgan fingerprint density at radius 2 is 1.69 bits per heavy atom. The molecule has 0 radical (unpaired) electrons. The molecule has 2 aromatic rings. The zero-order valence-corrected chi connectivity index (χ0v) is 15.6. The monoisotopic (exact) mass is 412 g/mol. The van der Waals surface area contributed by atoms with Crippen LogP contribution in [0.15, 0.2) is 42.7 Å². The summed E-state index contributed by atoms with van der Waals surface area (Å²) in [4.78, 5) is 32.4. The number of nitrogens with zero attached hydrogens (tertiary/aromatic N) is 2. The maximum Gasteiger partial charge on any atom is 0.442 e. The second-order valence-corrected chi connectivity index (χ2v) is 5.55. The van der Waals surface area contributed by atoms with Gasteiger partial charge in [-0.25, -0.2) is 14.8 Å². The Morgan fingerprint density at radius 3 is 2.28 bits per heavy atom. The lowest BCUT2D eigenvalue weighted by Crippen LogP contribution is -2.69. The van der Waals surface area contributed by atoms with Crippen LogP contribution < -0.4 is 15.4 Å². The molecule has 0 saturated carbocycles. The summed E-state index contributed by atoms with van der Waals surface area (Å²) in [5, 5.41) is 3.58. The van der Waals surface area contributed by atoms with E-state index in [9.17, 15) is 22.8 Å². The van der Waals surface area contributed by atoms with Gasteiger partial charge in [-0.05, 0) is 32.0 Å². The van der Waals surface area contributed by atoms with Crippen LogP contribution in [0.3, 0.4) is 0 Å². The molecule has 0 unspecified atom stereocenters. The predicted octanol–water partition coefficient (Wildman–Crippen LogP) is 2.54. The fourth-order valence-corrected chi connectivity index (χ4v) is 2.33. The van der Waals surface area contributed by atoms with E-state index < -0.39 is 29.7 Å². The van der Waals surface area contributed by atoms with E-state index in [2.05, 4.69) is 14.7 Å². The van der Waals surface area contributed by atoms with Gasteiger partial charge in [-0.3, -0.25) is 4.79 Å². The maximum atomic E-state index is 14.1. The first-order valence-corrected chi connectivity index (χ1v) is 8.58. The van der Waals surface area contributed by atoms with E-state index in [-0.39, 0.29) is 24.5 Å². The van der Waals surface area contributed by atoms with Crippen molar-refractivity contribution in [3.63, 3.8) is 0 Å². The molecule has 11 heteroatoms. The van der Waals surface area contributed by atoms with Crippen molar-refractivity contribution in [2.24, 2.45) is 0 Å². The number of para-hydroxylation sites is 1. The zero-order chi connectivity index (χ0) is 21.5. The molecule has 0 bridgehead atoms. The molecule has 156 valence electrons. The number of alkyl halides is 3. The van der Waals surface area contributed by atoms with Gasteiger partial charge in [-0.1, -0.05) is 12.1 Å². The Hall–Kier alpha value is -3.37. The molecule has 2 N–H and O–H groups in total. The third-order valence-corrected chi connectivity index (χ3v) is 3.60. The van der Waals surface area contributed by atoms with Gasteiger partial charge in [0.15, 0.2) is 0 Å². The number of hydrogen-bond donors (Lipinski definition) is 2. The first-order chi connectivity index (χ1) is 13.7. The van der Waals surface area contributed by atoms with Gasteiger partial charge in [-0.15, -0.1) is 0 Å². The Morgan fingerprint density at radius 1 is 1.03 bits per heavy atom. The SMILES string of the molecule is CCOC(=O)[C@@](NC(=O)c1ccccc1OCC)(Nc1ncccn1)C(F)(F)F. The van der Waals surface area contributed by atoms with Crippen LogP contribution in [0.1, 0.15) is 24.2 Å². The van der Waals surface area contributed by atoms with Crippen molar-refractivity contribution in [2.45, 2.75) is 25.7 Å². The van der Waals surface area contributed by atoms with Gasteiger partial charge < -0.3 is 20.1 Å². The molecule has 0 aliphatic rings. The average Bonchev–Trinajstić information content (AvgIpc) is 2.68. The van der Waals surface area contributed by atoms with E-state index in [1.165, 1.54) is 43.6 Å². The van der Waals surface area contributed by atoms with E-state index in [0.717, 1.165) is 0 Å². The van der Waals surface area contributed by atoms with Crippen LogP contribution >= 0.6 is 0 Å². The van der Waals surface area contributed by atoms with Gasteiger partial charge in [-0.2, -0.15) is 13.2 Å². The molecule has 29 heavy (non-hydrogen) atoms. The third kappa shape index (κ3) is 4.92. The largest absolute Gasteiger partial charge is 0.493 e. The molecule has 0 spiro atoms. The molecule has 1 amide bonds. The minimum atomic E-state index is -5.30. The van der Waals surface area contributed by atoms with Crippen molar-refractivity contribution < 1.29 is 32.2 Å². The highest BCUT2D eigenvalue weighted by Crippen LogP contribution is 2.33. The first kappa shape index (κ1) is 21.9. The van der Waals surface area contributed by atoms with Crippen LogP contribution in [0.2, 0.25) is 0 Å². The predicted molar refractivity (Wildman–Crippen MR) is 96.2 cm³/mol. The summed E-state index contributed by atoms with van der Waals surface area (Å²) in [5.74, 6) is -3.44. The number of rotatable bonds is 8. The summed E-state index contributed by atoms with van der Waals surface area (Å²) in [6.07, 6.45) is -2.95. The van der Waals surface area contributed by atoms with Gasteiger partial charge in [0.1, 0.15) is 5.75 Å². The molecular weight excluding hydrogens is 393 g/mol. The summed E-state index contributed by atoms with van der Waals surface area (Å²) >= 11 is 0. The number of anilines is 1. The smallest absolute Gasteiger partial charge is 0.442 e. The number of halogens is 3. The number of esters is 1. The van der Waals surface area contributed by atoms with E-state index in [0.29, 0.717) is 0 Å². The van der Waals surface area contributed by atoms with Crippen molar-refractivity contribution in [3.8, 4) is 5.75 Å². The highest BCUT2D eigenvalue weighted by Gasteiger charge is 2.64. The molecule has 2 rings (SSSR count). The number of benzene rings is 1. The van der Waals surface area contributed by atoms with Crippen LogP contribution in [0.4, 0.5) is 19.1 Å². The van der Waals surface area contributed by atoms with E-state index in [1.807, 2.05) is 5.32 Å². The molecule has 0 fully saturated rings. The summed E-state index contributed by atoms with van der Waals surface area (Å²) in [6, 6.07) is 7.07. The number of aromatic nitrogens is 2. The third-order valence-electron chi connectivity index (χ3n) is 3.60. The van der Waals surface area contributed by atoms with Crippen LogP contribution in [-0.2, 0) is 9.53 Å². The minimum Gasteiger partial charge on any atom is -0.493 e. The standard InChI is InChI=1S/C18H19F3N4O4/c1-3-28-13-9-6-5-8-12(13)14(26)24-17(18(19,20)21,15(27)29-4-2)25-16-22-10-7-11-23-16/h5-11H,3-4H2,1-2H3,(H,24,26)(H,22,23,25)/t17-/m1/s1. The van der Waals surface area contributed by atoms with Crippen molar-refractivity contribution in [2.75, 3.05) is 18.5 Å². The van der Waals surface area contributed by atoms with Crippen molar-refractivity contribution in [1.82, 2.24) is 15.3 Å². The first-order valence-electron chi connectivity index (χ1n) is 8.58. The number of carbonyl (C=O) groups excluding carboxylic acids is 2. The highest BCUT2D eigenvalue weighted by molar-refractivity contribution is 6.01. The summed E-state index contributed by atoms with van der Waals surface area (Å²) < 4.78 is 52.2. The van der Waals surface area contributed by atoms with Gasteiger partial charge >= 0.3 is 17.8 Å². The molecule has 1 aromatic heterocycles. The number of amides is 1. The lowest BCUT2D eigenvalue weighted by atomic mass is 10.1. The average molecular weight is 412 g/mol. The van der Waals surface area contributed by atoms with Crippen LogP contribution in [0.25, 0.3) is 0 Å². The number of carbonyl (C=O) groups is 2. The van der Waals surface area contributed by atoms with Gasteiger partial charge in [0.05, 0.1) is 18.8 Å². The van der Waals surface area contributed by atoms with Crippen molar-refractivity contribution in [3.05, 3.63) is 48.3 Å². The lowest BCUT2D eigenvalue weighted by molar-refractivity contribution is -0.204. The quantitative estimate of drug-likeness (QED) is 0.507. The number of nitrogens with one attached hydrogen (secondary N) is 2. The fourth-order valence-electron chi connectivity index (χ4n) is 2.33. The molecule has 8 nitrogen and oxygen atoms in total. The van der Waals surface area contributed by atoms with Gasteiger partial charge in [0, 0.05) is 12.4 Å². The van der Waals surface area contributed by atoms with Crippen LogP contribution in [-0.4, -0.2) is 46.9 Å². The number of hydrogen-bond acceptors (Lipinski definition) is 7. The van der Waals surface area contributed by atoms with Crippen LogP contribution in [0.5, 0.6) is 5.75 Å². The summed E-state index contributed by atoms with van der Waals surface area (Å²) in [6.45, 7) is 2.83. The topological polar surface area (TPSA) is 102 Å². The molecule has 0 saturated heterocycles. The highest BCUT2D eigenvalue weighted by atomic mass is 19.4. The lowest BCUT2D eigenvalue weighted by Gasteiger charge is -2.34. The molecule has 1 aromatic carbocycles. The van der Waals surface area contributed by atoms with E-state index in [1.54, 1.807) is 18.3 Å². The Labute approximate surface area is 164 Å². The summed E-state index contributed by atoms with van der Waals surface area (Å²) in [5.41, 5.74) is -3.82. The second-order valence-electron chi connectivity index (χ2n) is 5.55. The van der Waals surface area contributed by atoms with Crippen molar-refractivity contribution >= 4 is 17.8 Å². The maximum absolute atomic E-state index is 14.1. The molecule has 0 aliphatic heterocycles. The Bertz CT molecular complexity index is 848. The van der Waals surface area contributed by atoms with E-state index >= 15 is 0 Å². The minimum absolute atomic E-state index is 0.0587. The fraction of sp³-hybridized carbons (Fsp3) is 0.333. The number of ether oxygens (including phenoxy) is 2. The molecule has 1 atom stereocenters. The van der Waals surface area contributed by atoms with Crippen LogP contribution in [0, 0.1) is 0 Å². The van der Waals surface area contributed by atoms with Crippen molar-refractivity contribution in [1.29, 1.82) is 0 Å². The zero-order valence-electron chi connectivity index (χ0n) is 15.6. The Balaban J connectivity index is 2.51.